The number of aromatic nitrogens is 2. The largest absolute Gasteiger partial charge is 0.380 e. The minimum atomic E-state index is 0.557. The van der Waals surface area contributed by atoms with Crippen LogP contribution in [0.25, 0.3) is 10.9 Å². The van der Waals surface area contributed by atoms with Crippen molar-refractivity contribution in [3.05, 3.63) is 36.0 Å². The second kappa shape index (κ2) is 6.31. The molecule has 1 aromatic carbocycles. The van der Waals surface area contributed by atoms with Crippen LogP contribution in [0.1, 0.15) is 26.7 Å². The number of anilines is 1. The van der Waals surface area contributed by atoms with Crippen LogP contribution in [-0.2, 0) is 0 Å². The van der Waals surface area contributed by atoms with Crippen LogP contribution in [0.15, 0.2) is 36.0 Å². The summed E-state index contributed by atoms with van der Waals surface area (Å²) in [4.78, 5) is 2.53. The molecular formula is C17H24N4. The number of hydrogen-bond acceptors (Lipinski definition) is 3. The third-order valence-electron chi connectivity index (χ3n) is 4.18. The monoisotopic (exact) mass is 284 g/mol. The van der Waals surface area contributed by atoms with Crippen LogP contribution in [0.3, 0.4) is 0 Å². The van der Waals surface area contributed by atoms with Gasteiger partial charge in [-0.05, 0) is 32.8 Å². The number of aromatic amines is 1. The molecule has 0 unspecified atom stereocenters. The molecule has 4 heteroatoms. The summed E-state index contributed by atoms with van der Waals surface area (Å²) in [6, 6.07) is 6.87. The number of likely N-dealkylation sites (tertiary alicyclic amines) is 1. The Kier molecular flexibility index (Phi) is 4.25. The predicted octanol–water partition coefficient (Wildman–Crippen LogP) is 3.41. The fourth-order valence-electron chi connectivity index (χ4n) is 2.88. The van der Waals surface area contributed by atoms with E-state index in [1.54, 1.807) is 0 Å². The van der Waals surface area contributed by atoms with Gasteiger partial charge in [0.1, 0.15) is 0 Å². The number of nitrogens with zero attached hydrogens (tertiary/aromatic N) is 2. The first-order valence-electron chi connectivity index (χ1n) is 7.77. The van der Waals surface area contributed by atoms with Gasteiger partial charge in [-0.15, -0.1) is 0 Å². The summed E-state index contributed by atoms with van der Waals surface area (Å²) in [6.07, 6.45) is 6.59. The molecule has 1 aromatic heterocycles. The van der Waals surface area contributed by atoms with Crippen LogP contribution in [0.4, 0.5) is 5.69 Å². The number of fused-ring (bicyclic) bond motifs is 1. The molecular weight excluding hydrogens is 260 g/mol. The van der Waals surface area contributed by atoms with Gasteiger partial charge in [0.2, 0.25) is 0 Å². The highest BCUT2D eigenvalue weighted by Gasteiger charge is 2.18. The highest BCUT2D eigenvalue weighted by atomic mass is 15.1. The molecule has 112 valence electrons. The molecule has 1 saturated heterocycles. The predicted molar refractivity (Wildman–Crippen MR) is 88.6 cm³/mol. The molecule has 3 rings (SSSR count). The summed E-state index contributed by atoms with van der Waals surface area (Å²) in [5, 5.41) is 12.1. The van der Waals surface area contributed by atoms with Crippen LogP contribution >= 0.6 is 0 Å². The lowest BCUT2D eigenvalue weighted by Gasteiger charge is -2.32. The van der Waals surface area contributed by atoms with Crippen molar-refractivity contribution >= 4 is 16.6 Å². The molecule has 0 atom stereocenters. The number of piperidine rings is 1. The smallest absolute Gasteiger partial charge is 0.0881 e. The maximum absolute atomic E-state index is 4.13. The zero-order valence-corrected chi connectivity index (χ0v) is 12.9. The summed E-state index contributed by atoms with van der Waals surface area (Å²) in [5.74, 6) is 0. The molecule has 1 aliphatic rings. The van der Waals surface area contributed by atoms with Gasteiger partial charge in [0.15, 0.2) is 0 Å². The van der Waals surface area contributed by atoms with E-state index in [-0.39, 0.29) is 0 Å². The van der Waals surface area contributed by atoms with E-state index in [4.69, 9.17) is 0 Å². The molecule has 4 nitrogen and oxygen atoms in total. The molecule has 0 saturated carbocycles. The number of benzene rings is 1. The zero-order valence-electron chi connectivity index (χ0n) is 12.9. The Labute approximate surface area is 126 Å². The lowest BCUT2D eigenvalue weighted by atomic mass is 10.0. The van der Waals surface area contributed by atoms with Crippen molar-refractivity contribution in [3.8, 4) is 0 Å². The summed E-state index contributed by atoms with van der Waals surface area (Å²) in [7, 11) is 0. The highest BCUT2D eigenvalue weighted by Crippen LogP contribution is 2.23. The molecule has 1 fully saturated rings. The number of para-hydroxylation sites is 1. The summed E-state index contributed by atoms with van der Waals surface area (Å²) in [6.45, 7) is 7.75. The van der Waals surface area contributed by atoms with E-state index in [1.807, 2.05) is 6.20 Å². The number of hydrogen-bond donors (Lipinski definition) is 2. The number of H-pyrrole nitrogens is 1. The van der Waals surface area contributed by atoms with E-state index in [1.165, 1.54) is 42.6 Å². The Morgan fingerprint density at radius 2 is 2.19 bits per heavy atom. The van der Waals surface area contributed by atoms with Gasteiger partial charge >= 0.3 is 0 Å². The number of allylic oxidation sites excluding steroid dienone is 1. The van der Waals surface area contributed by atoms with Crippen molar-refractivity contribution in [2.45, 2.75) is 32.7 Å². The molecule has 2 heterocycles. The zero-order chi connectivity index (χ0) is 14.7. The van der Waals surface area contributed by atoms with Gasteiger partial charge in [0, 0.05) is 31.1 Å². The van der Waals surface area contributed by atoms with Crippen LogP contribution in [0.2, 0.25) is 0 Å². The fraction of sp³-hybridized carbons (Fsp3) is 0.471. The first-order valence-corrected chi connectivity index (χ1v) is 7.77. The van der Waals surface area contributed by atoms with E-state index in [0.29, 0.717) is 6.04 Å². The van der Waals surface area contributed by atoms with Gasteiger partial charge in [0.05, 0.1) is 17.4 Å². The standard InChI is InChI=1S/C17H24N4/c1-13(2)6-9-21-10-7-15(8-11-21)19-16-5-3-4-14-12-18-20-17(14)16/h3-6,12,15,19H,7-11H2,1-2H3,(H,18,20). The number of nitrogens with one attached hydrogen (secondary N) is 2. The topological polar surface area (TPSA) is 44.0 Å². The lowest BCUT2D eigenvalue weighted by Crippen LogP contribution is -2.39. The third-order valence-corrected chi connectivity index (χ3v) is 4.18. The average molecular weight is 284 g/mol. The maximum atomic E-state index is 4.13. The molecule has 0 bridgehead atoms. The summed E-state index contributed by atoms with van der Waals surface area (Å²) >= 11 is 0. The molecule has 2 aromatic rings. The molecule has 2 N–H and O–H groups in total. The molecule has 0 amide bonds. The Balaban J connectivity index is 1.58. The maximum Gasteiger partial charge on any atom is 0.0881 e. The van der Waals surface area contributed by atoms with Gasteiger partial charge in [-0.2, -0.15) is 5.10 Å². The van der Waals surface area contributed by atoms with Crippen molar-refractivity contribution in [2.24, 2.45) is 0 Å². The van der Waals surface area contributed by atoms with Crippen molar-refractivity contribution < 1.29 is 0 Å². The minimum absolute atomic E-state index is 0.557. The average Bonchev–Trinajstić information content (AvgIpc) is 2.96. The van der Waals surface area contributed by atoms with Crippen LogP contribution in [-0.4, -0.2) is 40.8 Å². The molecule has 0 aliphatic carbocycles. The SMILES string of the molecule is CC(C)=CCN1CCC(Nc2cccc3cn[nH]c23)CC1. The minimum Gasteiger partial charge on any atom is -0.380 e. The van der Waals surface area contributed by atoms with E-state index < -0.39 is 0 Å². The second-order valence-corrected chi connectivity index (χ2v) is 6.14. The molecule has 21 heavy (non-hydrogen) atoms. The van der Waals surface area contributed by atoms with Crippen molar-refractivity contribution in [1.29, 1.82) is 0 Å². The van der Waals surface area contributed by atoms with Gasteiger partial charge in [0.25, 0.3) is 0 Å². The van der Waals surface area contributed by atoms with Gasteiger partial charge in [-0.25, -0.2) is 0 Å². The van der Waals surface area contributed by atoms with Crippen LogP contribution in [0, 0.1) is 0 Å². The first kappa shape index (κ1) is 14.1. The molecule has 0 radical (unpaired) electrons. The van der Waals surface area contributed by atoms with Gasteiger partial charge < -0.3 is 5.32 Å². The quantitative estimate of drug-likeness (QED) is 0.846. The van der Waals surface area contributed by atoms with E-state index in [0.717, 1.165) is 12.1 Å². The van der Waals surface area contributed by atoms with Gasteiger partial charge in [-0.3, -0.25) is 10.00 Å². The lowest BCUT2D eigenvalue weighted by molar-refractivity contribution is 0.240. The first-order chi connectivity index (χ1) is 10.2. The van der Waals surface area contributed by atoms with E-state index in [2.05, 4.69) is 58.5 Å². The van der Waals surface area contributed by atoms with Crippen LogP contribution < -0.4 is 5.32 Å². The Morgan fingerprint density at radius 1 is 1.38 bits per heavy atom. The van der Waals surface area contributed by atoms with E-state index >= 15 is 0 Å². The summed E-state index contributed by atoms with van der Waals surface area (Å²) < 4.78 is 0. The summed E-state index contributed by atoms with van der Waals surface area (Å²) in [5.41, 5.74) is 3.69. The normalized spacial score (nSPS) is 17.0. The van der Waals surface area contributed by atoms with E-state index in [9.17, 15) is 0 Å². The fourth-order valence-corrected chi connectivity index (χ4v) is 2.88. The van der Waals surface area contributed by atoms with Crippen LogP contribution in [0.5, 0.6) is 0 Å². The second-order valence-electron chi connectivity index (χ2n) is 6.14. The molecule has 1 aliphatic heterocycles. The number of rotatable bonds is 4. The highest BCUT2D eigenvalue weighted by molar-refractivity contribution is 5.89. The third kappa shape index (κ3) is 3.45. The molecule has 0 spiro atoms. The Hall–Kier alpha value is -1.81. The Bertz CT molecular complexity index is 617. The van der Waals surface area contributed by atoms with Gasteiger partial charge in [-0.1, -0.05) is 23.8 Å². The Morgan fingerprint density at radius 3 is 2.95 bits per heavy atom. The van der Waals surface area contributed by atoms with Crippen molar-refractivity contribution in [3.63, 3.8) is 0 Å². The van der Waals surface area contributed by atoms with Crippen molar-refractivity contribution in [1.82, 2.24) is 15.1 Å². The van der Waals surface area contributed by atoms with Crippen molar-refractivity contribution in [2.75, 3.05) is 25.0 Å².